The van der Waals surface area contributed by atoms with Crippen molar-refractivity contribution in [2.75, 3.05) is 16.8 Å². The van der Waals surface area contributed by atoms with Crippen molar-refractivity contribution in [3.05, 3.63) is 76.7 Å². The summed E-state index contributed by atoms with van der Waals surface area (Å²) >= 11 is 1.49. The number of rotatable bonds is 3. The van der Waals surface area contributed by atoms with E-state index in [1.54, 1.807) is 9.36 Å². The zero-order valence-electron chi connectivity index (χ0n) is 17.1. The van der Waals surface area contributed by atoms with Crippen LogP contribution in [-0.2, 0) is 7.05 Å². The molecule has 0 spiro atoms. The summed E-state index contributed by atoms with van der Waals surface area (Å²) in [5.41, 5.74) is 2.09. The van der Waals surface area contributed by atoms with Crippen molar-refractivity contribution in [3.63, 3.8) is 0 Å². The molecule has 1 atom stereocenters. The molecular weight excluding hydrogens is 398 g/mol. The van der Waals surface area contributed by atoms with E-state index in [0.717, 1.165) is 5.69 Å². The van der Waals surface area contributed by atoms with Crippen LogP contribution in [0.15, 0.2) is 70.5 Å². The minimum atomic E-state index is -0.410. The second-order valence-electron chi connectivity index (χ2n) is 7.09. The molecule has 3 aromatic rings. The summed E-state index contributed by atoms with van der Waals surface area (Å²) in [4.78, 5) is 32.8. The number of amidine groups is 1. The average Bonchev–Trinajstić information content (AvgIpc) is 3.26. The van der Waals surface area contributed by atoms with Gasteiger partial charge in [0.2, 0.25) is 0 Å². The van der Waals surface area contributed by atoms with E-state index in [1.807, 2.05) is 74.6 Å². The highest BCUT2D eigenvalue weighted by molar-refractivity contribution is 8.15. The molecule has 0 saturated carbocycles. The molecule has 0 radical (unpaired) electrons. The van der Waals surface area contributed by atoms with Gasteiger partial charge in [0.25, 0.3) is 5.56 Å². The Morgan fingerprint density at radius 2 is 1.77 bits per heavy atom. The van der Waals surface area contributed by atoms with Gasteiger partial charge in [0.1, 0.15) is 5.69 Å². The molecule has 4 rings (SSSR count). The minimum absolute atomic E-state index is 0.243. The Bertz CT molecular complexity index is 1150. The maximum absolute atomic E-state index is 13.5. The molecule has 8 heteroatoms. The van der Waals surface area contributed by atoms with Gasteiger partial charge in [0.05, 0.1) is 17.9 Å². The maximum atomic E-state index is 13.5. The van der Waals surface area contributed by atoms with Gasteiger partial charge in [0, 0.05) is 18.0 Å². The molecule has 7 nitrogen and oxygen atoms in total. The van der Waals surface area contributed by atoms with E-state index in [4.69, 9.17) is 0 Å². The van der Waals surface area contributed by atoms with Gasteiger partial charge in [-0.1, -0.05) is 55.1 Å². The van der Waals surface area contributed by atoms with Gasteiger partial charge >= 0.3 is 6.03 Å². The van der Waals surface area contributed by atoms with Gasteiger partial charge in [-0.15, -0.1) is 0 Å². The number of hydrogen-bond acceptors (Lipinski definition) is 4. The number of nitrogens with zero attached hydrogens (tertiary/aromatic N) is 4. The Morgan fingerprint density at radius 1 is 1.13 bits per heavy atom. The monoisotopic (exact) mass is 421 g/mol. The zero-order chi connectivity index (χ0) is 21.3. The first-order chi connectivity index (χ1) is 14.5. The molecule has 154 valence electrons. The number of nitrogens with one attached hydrogen (secondary N) is 1. The van der Waals surface area contributed by atoms with Crippen molar-refractivity contribution in [2.24, 2.45) is 12.0 Å². The Balaban J connectivity index is 1.82. The van der Waals surface area contributed by atoms with Crippen LogP contribution < -0.4 is 15.8 Å². The third kappa shape index (κ3) is 3.66. The lowest BCUT2D eigenvalue weighted by Crippen LogP contribution is -2.41. The lowest BCUT2D eigenvalue weighted by atomic mass is 10.3. The number of hydrogen-bond donors (Lipinski definition) is 1. The molecule has 1 aliphatic rings. The van der Waals surface area contributed by atoms with E-state index in [2.05, 4.69) is 17.2 Å². The molecular formula is C22H23N5O2S. The van der Waals surface area contributed by atoms with Crippen molar-refractivity contribution < 1.29 is 4.79 Å². The molecule has 30 heavy (non-hydrogen) atoms. The fraction of sp³-hybridized carbons (Fsp3) is 0.227. The molecule has 0 aliphatic carbocycles. The fourth-order valence-electron chi connectivity index (χ4n) is 3.38. The van der Waals surface area contributed by atoms with E-state index in [9.17, 15) is 9.59 Å². The number of thioether (sulfide) groups is 1. The molecule has 2 heterocycles. The van der Waals surface area contributed by atoms with Crippen LogP contribution >= 0.6 is 11.8 Å². The summed E-state index contributed by atoms with van der Waals surface area (Å²) in [5, 5.41) is 3.66. The second kappa shape index (κ2) is 8.23. The number of carbonyl (C=O) groups excluding carboxylic acids is 1. The first-order valence-electron chi connectivity index (χ1n) is 9.68. The number of benzene rings is 2. The number of amides is 2. The van der Waals surface area contributed by atoms with Crippen molar-refractivity contribution in [3.8, 4) is 5.69 Å². The van der Waals surface area contributed by atoms with Crippen LogP contribution in [-0.4, -0.2) is 32.4 Å². The van der Waals surface area contributed by atoms with Gasteiger partial charge in [-0.05, 0) is 31.2 Å². The summed E-state index contributed by atoms with van der Waals surface area (Å²) in [6.45, 7) is 4.49. The molecule has 2 aromatic carbocycles. The Kier molecular flexibility index (Phi) is 5.50. The quantitative estimate of drug-likeness (QED) is 0.694. The first-order valence-corrected chi connectivity index (χ1v) is 10.6. The number of anilines is 2. The average molecular weight is 422 g/mol. The van der Waals surface area contributed by atoms with E-state index in [0.29, 0.717) is 28.8 Å². The van der Waals surface area contributed by atoms with Crippen molar-refractivity contribution in [1.82, 2.24) is 9.36 Å². The highest BCUT2D eigenvalue weighted by atomic mass is 32.2. The number of carbonyl (C=O) groups is 1. The van der Waals surface area contributed by atoms with Crippen molar-refractivity contribution in [1.29, 1.82) is 0 Å². The van der Waals surface area contributed by atoms with Crippen LogP contribution in [0.2, 0.25) is 0 Å². The standard InChI is InChI=1S/C22H23N5O2S/c1-15-14-23-22(30-15)26(21(29)24-17-10-6-4-7-11-17)19-16(2)25(3)27(20(19)28)18-12-8-5-9-13-18/h4-13,15H,14H2,1-3H3,(H,24,29)/t15-/m0/s1. The molecule has 0 fully saturated rings. The summed E-state index contributed by atoms with van der Waals surface area (Å²) in [5.74, 6) is 0. The highest BCUT2D eigenvalue weighted by Gasteiger charge is 2.33. The van der Waals surface area contributed by atoms with E-state index in [1.165, 1.54) is 16.7 Å². The summed E-state index contributed by atoms with van der Waals surface area (Å²) in [6, 6.07) is 18.2. The lowest BCUT2D eigenvalue weighted by molar-refractivity contribution is 0.259. The number of aliphatic imine (C=N–C) groups is 1. The van der Waals surface area contributed by atoms with E-state index in [-0.39, 0.29) is 10.8 Å². The molecule has 0 bridgehead atoms. The zero-order valence-corrected chi connectivity index (χ0v) is 17.9. The molecule has 2 amide bonds. The fourth-order valence-corrected chi connectivity index (χ4v) is 4.32. The molecule has 1 aromatic heterocycles. The lowest BCUT2D eigenvalue weighted by Gasteiger charge is -2.21. The Morgan fingerprint density at radius 3 is 2.37 bits per heavy atom. The first kappa shape index (κ1) is 20.0. The van der Waals surface area contributed by atoms with Crippen LogP contribution in [0.1, 0.15) is 12.6 Å². The molecule has 0 saturated heterocycles. The predicted octanol–water partition coefficient (Wildman–Crippen LogP) is 4.01. The second-order valence-corrected chi connectivity index (χ2v) is 8.50. The Hall–Kier alpha value is -3.26. The highest BCUT2D eigenvalue weighted by Crippen LogP contribution is 2.29. The normalized spacial score (nSPS) is 15.7. The smallest absolute Gasteiger partial charge is 0.307 e. The van der Waals surface area contributed by atoms with Crippen LogP contribution in [0.4, 0.5) is 16.2 Å². The Labute approximate surface area is 179 Å². The van der Waals surface area contributed by atoms with Crippen LogP contribution in [0.25, 0.3) is 5.69 Å². The van der Waals surface area contributed by atoms with Gasteiger partial charge in [0.15, 0.2) is 5.17 Å². The maximum Gasteiger partial charge on any atom is 0.332 e. The third-order valence-electron chi connectivity index (χ3n) is 4.96. The van der Waals surface area contributed by atoms with Crippen molar-refractivity contribution >= 4 is 34.3 Å². The molecule has 1 N–H and O–H groups in total. The SMILES string of the molecule is Cc1c(N(C(=O)Nc2ccccc2)C2=NC[C@H](C)S2)c(=O)n(-c2ccccc2)n1C. The van der Waals surface area contributed by atoms with Gasteiger partial charge < -0.3 is 5.32 Å². The van der Waals surface area contributed by atoms with Gasteiger partial charge in [-0.25, -0.2) is 14.4 Å². The third-order valence-corrected chi connectivity index (χ3v) is 6.03. The van der Waals surface area contributed by atoms with Gasteiger partial charge in [-0.3, -0.25) is 14.5 Å². The summed E-state index contributed by atoms with van der Waals surface area (Å²) in [6.07, 6.45) is 0. The summed E-state index contributed by atoms with van der Waals surface area (Å²) in [7, 11) is 1.81. The minimum Gasteiger partial charge on any atom is -0.307 e. The van der Waals surface area contributed by atoms with Crippen molar-refractivity contribution in [2.45, 2.75) is 19.1 Å². The molecule has 1 aliphatic heterocycles. The van der Waals surface area contributed by atoms with Crippen LogP contribution in [0.3, 0.4) is 0 Å². The topological polar surface area (TPSA) is 71.6 Å². The largest absolute Gasteiger partial charge is 0.332 e. The number of para-hydroxylation sites is 2. The molecule has 0 unspecified atom stereocenters. The number of urea groups is 1. The van der Waals surface area contributed by atoms with Crippen LogP contribution in [0.5, 0.6) is 0 Å². The van der Waals surface area contributed by atoms with E-state index < -0.39 is 6.03 Å². The summed E-state index contributed by atoms with van der Waals surface area (Å²) < 4.78 is 3.33. The van der Waals surface area contributed by atoms with E-state index >= 15 is 0 Å². The van der Waals surface area contributed by atoms with Crippen LogP contribution in [0, 0.1) is 6.92 Å². The predicted molar refractivity (Wildman–Crippen MR) is 123 cm³/mol. The number of aromatic nitrogens is 2. The van der Waals surface area contributed by atoms with Gasteiger partial charge in [-0.2, -0.15) is 0 Å².